The summed E-state index contributed by atoms with van der Waals surface area (Å²) in [6, 6.07) is 25.7. The molecule has 0 radical (unpaired) electrons. The number of allylic oxidation sites excluding steroid dienone is 1. The Morgan fingerprint density at radius 3 is 2.43 bits per heavy atom. The fourth-order valence-corrected chi connectivity index (χ4v) is 2.83. The molecule has 0 saturated carbocycles. The van der Waals surface area contributed by atoms with E-state index in [-0.39, 0.29) is 17.7 Å². The van der Waals surface area contributed by atoms with Crippen LogP contribution in [0, 0.1) is 11.3 Å². The average molecular weight is 364 g/mol. The topological polar surface area (TPSA) is 101 Å². The van der Waals surface area contributed by atoms with Crippen molar-refractivity contribution in [2.75, 3.05) is 11.1 Å². The Bertz CT molecular complexity index is 1210. The first-order valence-electron chi connectivity index (χ1n) is 8.66. The molecule has 28 heavy (non-hydrogen) atoms. The summed E-state index contributed by atoms with van der Waals surface area (Å²) in [6.07, 6.45) is 1.74. The maximum absolute atomic E-state index is 9.65. The standard InChI is InChI=1S/C22H16N6/c23-14-18(13-15-10-11-16-6-4-5-7-17(16)12-15)20-26-21(24)28-22(27-20)25-19-8-2-1-3-9-19/h1-13H,(H3,24,25,26,27,28)/b18-13+. The van der Waals surface area contributed by atoms with Crippen molar-refractivity contribution in [3.63, 3.8) is 0 Å². The summed E-state index contributed by atoms with van der Waals surface area (Å²) in [7, 11) is 0. The summed E-state index contributed by atoms with van der Waals surface area (Å²) in [5.41, 5.74) is 7.84. The molecule has 0 aliphatic heterocycles. The first-order valence-corrected chi connectivity index (χ1v) is 8.66. The highest BCUT2D eigenvalue weighted by Crippen LogP contribution is 2.21. The van der Waals surface area contributed by atoms with Crippen molar-refractivity contribution < 1.29 is 0 Å². The van der Waals surface area contributed by atoms with Gasteiger partial charge in [-0.3, -0.25) is 0 Å². The number of aromatic nitrogens is 3. The lowest BCUT2D eigenvalue weighted by Gasteiger charge is -2.07. The third-order valence-electron chi connectivity index (χ3n) is 4.13. The second-order valence-corrected chi connectivity index (χ2v) is 6.11. The van der Waals surface area contributed by atoms with Crippen LogP contribution in [0.15, 0.2) is 72.8 Å². The zero-order valence-electron chi connectivity index (χ0n) is 14.9. The van der Waals surface area contributed by atoms with Crippen molar-refractivity contribution in [2.45, 2.75) is 0 Å². The Labute approximate surface area is 162 Å². The molecule has 1 aromatic heterocycles. The Kier molecular flexibility index (Phi) is 4.64. The van der Waals surface area contributed by atoms with Crippen LogP contribution in [0.25, 0.3) is 22.4 Å². The molecule has 0 atom stereocenters. The van der Waals surface area contributed by atoms with Gasteiger partial charge in [0.15, 0.2) is 5.82 Å². The van der Waals surface area contributed by atoms with Crippen LogP contribution in [0.3, 0.4) is 0 Å². The van der Waals surface area contributed by atoms with Crippen molar-refractivity contribution in [1.29, 1.82) is 5.26 Å². The zero-order chi connectivity index (χ0) is 19.3. The lowest BCUT2D eigenvalue weighted by Crippen LogP contribution is -2.06. The van der Waals surface area contributed by atoms with Crippen LogP contribution in [0.4, 0.5) is 17.6 Å². The van der Waals surface area contributed by atoms with Crippen LogP contribution in [0.2, 0.25) is 0 Å². The minimum absolute atomic E-state index is 0.0445. The van der Waals surface area contributed by atoms with Gasteiger partial charge in [0.2, 0.25) is 11.9 Å². The van der Waals surface area contributed by atoms with Gasteiger partial charge in [0, 0.05) is 5.69 Å². The molecule has 6 heteroatoms. The number of nitriles is 1. The number of nitrogens with two attached hydrogens (primary N) is 1. The third kappa shape index (κ3) is 3.79. The summed E-state index contributed by atoms with van der Waals surface area (Å²) in [6.45, 7) is 0. The van der Waals surface area contributed by atoms with E-state index in [0.717, 1.165) is 22.0 Å². The number of hydrogen-bond donors (Lipinski definition) is 2. The van der Waals surface area contributed by atoms with Gasteiger partial charge >= 0.3 is 0 Å². The van der Waals surface area contributed by atoms with Crippen LogP contribution in [-0.2, 0) is 0 Å². The molecule has 0 unspecified atom stereocenters. The van der Waals surface area contributed by atoms with Crippen molar-refractivity contribution >= 4 is 40.0 Å². The SMILES string of the molecule is N#C/C(=C\c1ccc2ccccc2c1)c1nc(N)nc(Nc2ccccc2)n1. The van der Waals surface area contributed by atoms with E-state index in [1.54, 1.807) is 6.08 Å². The number of rotatable bonds is 4. The van der Waals surface area contributed by atoms with Gasteiger partial charge in [-0.15, -0.1) is 0 Å². The van der Waals surface area contributed by atoms with Gasteiger partial charge in [-0.2, -0.15) is 20.2 Å². The summed E-state index contributed by atoms with van der Waals surface area (Å²) in [4.78, 5) is 12.6. The molecule has 0 bridgehead atoms. The van der Waals surface area contributed by atoms with E-state index in [0.29, 0.717) is 5.57 Å². The molecular weight excluding hydrogens is 348 g/mol. The van der Waals surface area contributed by atoms with Crippen LogP contribution >= 0.6 is 0 Å². The van der Waals surface area contributed by atoms with Crippen LogP contribution in [0.5, 0.6) is 0 Å². The molecule has 0 spiro atoms. The number of fused-ring (bicyclic) bond motifs is 1. The summed E-state index contributed by atoms with van der Waals surface area (Å²) < 4.78 is 0. The highest BCUT2D eigenvalue weighted by Gasteiger charge is 2.10. The predicted molar refractivity (Wildman–Crippen MR) is 111 cm³/mol. The summed E-state index contributed by atoms with van der Waals surface area (Å²) >= 11 is 0. The molecule has 4 aromatic rings. The van der Waals surface area contributed by atoms with Crippen LogP contribution in [0.1, 0.15) is 11.4 Å². The average Bonchev–Trinajstić information content (AvgIpc) is 2.72. The molecule has 0 fully saturated rings. The smallest absolute Gasteiger partial charge is 0.232 e. The van der Waals surface area contributed by atoms with Gasteiger partial charge in [-0.05, 0) is 40.6 Å². The van der Waals surface area contributed by atoms with Gasteiger partial charge in [-0.1, -0.05) is 54.6 Å². The van der Waals surface area contributed by atoms with Gasteiger partial charge in [0.05, 0.1) is 5.57 Å². The number of benzene rings is 3. The second kappa shape index (κ2) is 7.56. The highest BCUT2D eigenvalue weighted by molar-refractivity contribution is 5.91. The number of para-hydroxylation sites is 1. The second-order valence-electron chi connectivity index (χ2n) is 6.11. The molecule has 6 nitrogen and oxygen atoms in total. The maximum Gasteiger partial charge on any atom is 0.232 e. The van der Waals surface area contributed by atoms with E-state index in [1.807, 2.05) is 72.8 Å². The van der Waals surface area contributed by atoms with E-state index < -0.39 is 0 Å². The fraction of sp³-hybridized carbons (Fsp3) is 0. The molecule has 0 saturated heterocycles. The third-order valence-corrected chi connectivity index (χ3v) is 4.13. The Balaban J connectivity index is 1.70. The molecular formula is C22H16N6. The molecule has 0 aliphatic carbocycles. The first-order chi connectivity index (χ1) is 13.7. The van der Waals surface area contributed by atoms with Crippen LogP contribution < -0.4 is 11.1 Å². The number of nitrogen functional groups attached to an aromatic ring is 1. The van der Waals surface area contributed by atoms with E-state index in [4.69, 9.17) is 5.73 Å². The Morgan fingerprint density at radius 1 is 0.893 bits per heavy atom. The van der Waals surface area contributed by atoms with Gasteiger partial charge in [0.1, 0.15) is 6.07 Å². The van der Waals surface area contributed by atoms with Gasteiger partial charge in [0.25, 0.3) is 0 Å². The number of hydrogen-bond acceptors (Lipinski definition) is 6. The Hall–Kier alpha value is -4.24. The first kappa shape index (κ1) is 17.2. The fourth-order valence-electron chi connectivity index (χ4n) is 2.83. The van der Waals surface area contributed by atoms with Gasteiger partial charge in [-0.25, -0.2) is 0 Å². The molecule has 1 heterocycles. The normalized spacial score (nSPS) is 11.2. The largest absolute Gasteiger partial charge is 0.368 e. The maximum atomic E-state index is 9.65. The van der Waals surface area contributed by atoms with Crippen molar-refractivity contribution in [3.05, 3.63) is 84.2 Å². The van der Waals surface area contributed by atoms with Gasteiger partial charge < -0.3 is 11.1 Å². The number of nitrogens with zero attached hydrogens (tertiary/aromatic N) is 4. The molecule has 134 valence electrons. The van der Waals surface area contributed by atoms with E-state index in [1.165, 1.54) is 0 Å². The highest BCUT2D eigenvalue weighted by atomic mass is 15.2. The van der Waals surface area contributed by atoms with Crippen molar-refractivity contribution in [3.8, 4) is 6.07 Å². The monoisotopic (exact) mass is 364 g/mol. The number of anilines is 3. The quantitative estimate of drug-likeness (QED) is 0.520. The van der Waals surface area contributed by atoms with E-state index in [9.17, 15) is 5.26 Å². The lowest BCUT2D eigenvalue weighted by atomic mass is 10.1. The zero-order valence-corrected chi connectivity index (χ0v) is 14.9. The molecule has 3 aromatic carbocycles. The van der Waals surface area contributed by atoms with E-state index in [2.05, 4.69) is 26.3 Å². The van der Waals surface area contributed by atoms with E-state index >= 15 is 0 Å². The molecule has 4 rings (SSSR count). The minimum atomic E-state index is 0.0445. The molecule has 0 amide bonds. The summed E-state index contributed by atoms with van der Waals surface area (Å²) in [5.74, 6) is 0.554. The van der Waals surface area contributed by atoms with Crippen molar-refractivity contribution in [2.24, 2.45) is 0 Å². The number of nitrogens with one attached hydrogen (secondary N) is 1. The predicted octanol–water partition coefficient (Wildman–Crippen LogP) is 4.41. The van der Waals surface area contributed by atoms with Crippen molar-refractivity contribution in [1.82, 2.24) is 15.0 Å². The van der Waals surface area contributed by atoms with Crippen LogP contribution in [-0.4, -0.2) is 15.0 Å². The summed E-state index contributed by atoms with van der Waals surface area (Å²) in [5, 5.41) is 14.9. The lowest BCUT2D eigenvalue weighted by molar-refractivity contribution is 1.04. The molecule has 3 N–H and O–H groups in total. The minimum Gasteiger partial charge on any atom is -0.368 e. The Morgan fingerprint density at radius 2 is 1.64 bits per heavy atom. The molecule has 0 aliphatic rings.